The van der Waals surface area contributed by atoms with E-state index in [4.69, 9.17) is 4.74 Å². The number of carbonyl (C=O) groups excluding carboxylic acids is 1. The van der Waals surface area contributed by atoms with E-state index in [2.05, 4.69) is 4.98 Å². The van der Waals surface area contributed by atoms with Crippen molar-refractivity contribution in [2.75, 3.05) is 39.2 Å². The van der Waals surface area contributed by atoms with E-state index in [1.165, 1.54) is 22.3 Å². The Bertz CT molecular complexity index is 1020. The number of fused-ring (bicyclic) bond motifs is 1. The molecule has 0 fully saturated rings. The Morgan fingerprint density at radius 2 is 1.83 bits per heavy atom. The lowest BCUT2D eigenvalue weighted by Crippen LogP contribution is -2.34. The van der Waals surface area contributed by atoms with Crippen LogP contribution in [0.1, 0.15) is 22.3 Å². The summed E-state index contributed by atoms with van der Waals surface area (Å²) in [4.78, 5) is 21.1. The number of benzene rings is 2. The highest BCUT2D eigenvalue weighted by Gasteiger charge is 2.27. The van der Waals surface area contributed by atoms with Crippen LogP contribution in [-0.4, -0.2) is 50.1 Å². The lowest BCUT2D eigenvalue weighted by atomic mass is 10.1. The quantitative estimate of drug-likeness (QED) is 0.566. The van der Waals surface area contributed by atoms with Crippen molar-refractivity contribution >= 4 is 32.6 Å². The Balaban J connectivity index is 2.07. The zero-order chi connectivity index (χ0) is 21.1. The molecule has 0 aliphatic carbocycles. The first-order valence-electron chi connectivity index (χ1n) is 9.18. The summed E-state index contributed by atoms with van der Waals surface area (Å²) in [5.74, 6) is -1.93. The molecular weight excluding hydrogens is 396 g/mol. The topological polar surface area (TPSA) is 45.7 Å². The zero-order valence-electron chi connectivity index (χ0n) is 16.8. The lowest BCUT2D eigenvalue weighted by Gasteiger charge is -2.21. The minimum atomic E-state index is -0.887. The molecule has 0 saturated heterocycles. The van der Waals surface area contributed by atoms with Crippen molar-refractivity contribution in [2.24, 2.45) is 0 Å². The van der Waals surface area contributed by atoms with Crippen LogP contribution in [0.4, 0.5) is 13.9 Å². The van der Waals surface area contributed by atoms with Crippen LogP contribution in [0.5, 0.6) is 5.75 Å². The van der Waals surface area contributed by atoms with Crippen molar-refractivity contribution in [3.05, 3.63) is 53.1 Å². The molecule has 154 valence electrons. The Morgan fingerprint density at radius 1 is 1.14 bits per heavy atom. The molecule has 29 heavy (non-hydrogen) atoms. The summed E-state index contributed by atoms with van der Waals surface area (Å²) in [6, 6.07) is 7.14. The highest BCUT2D eigenvalue weighted by Crippen LogP contribution is 2.37. The fourth-order valence-electron chi connectivity index (χ4n) is 3.04. The van der Waals surface area contributed by atoms with Gasteiger partial charge in [0.25, 0.3) is 5.91 Å². The molecular formula is C21H23F2N3O2S. The average Bonchev–Trinajstić information content (AvgIpc) is 3.11. The van der Waals surface area contributed by atoms with Crippen molar-refractivity contribution in [2.45, 2.75) is 13.3 Å². The summed E-state index contributed by atoms with van der Waals surface area (Å²) in [7, 11) is 5.40. The van der Waals surface area contributed by atoms with Gasteiger partial charge in [0.05, 0.1) is 11.8 Å². The molecule has 0 radical (unpaired) electrons. The highest BCUT2D eigenvalue weighted by molar-refractivity contribution is 7.22. The molecule has 8 heteroatoms. The molecule has 1 aromatic heterocycles. The minimum absolute atomic E-state index is 0.284. The van der Waals surface area contributed by atoms with Crippen molar-refractivity contribution in [1.29, 1.82) is 0 Å². The van der Waals surface area contributed by atoms with Crippen LogP contribution < -0.4 is 9.64 Å². The van der Waals surface area contributed by atoms with Crippen LogP contribution in [0.2, 0.25) is 0 Å². The third-order valence-corrected chi connectivity index (χ3v) is 5.77. The van der Waals surface area contributed by atoms with Crippen molar-refractivity contribution < 1.29 is 18.3 Å². The molecule has 0 aliphatic heterocycles. The highest BCUT2D eigenvalue weighted by atomic mass is 32.1. The fraction of sp³-hybridized carbons (Fsp3) is 0.333. The number of methoxy groups -OCH3 is 1. The zero-order valence-corrected chi connectivity index (χ0v) is 17.6. The second kappa shape index (κ2) is 8.84. The molecule has 0 saturated carbocycles. The van der Waals surface area contributed by atoms with Gasteiger partial charge in [0.1, 0.15) is 28.5 Å². The number of aryl methyl sites for hydroxylation is 1. The van der Waals surface area contributed by atoms with Gasteiger partial charge in [-0.05, 0) is 57.7 Å². The molecule has 3 aromatic rings. The maximum atomic E-state index is 14.3. The van der Waals surface area contributed by atoms with E-state index in [9.17, 15) is 13.6 Å². The van der Waals surface area contributed by atoms with E-state index in [-0.39, 0.29) is 6.54 Å². The van der Waals surface area contributed by atoms with Gasteiger partial charge in [-0.1, -0.05) is 23.5 Å². The molecule has 0 bridgehead atoms. The van der Waals surface area contributed by atoms with Gasteiger partial charge in [0, 0.05) is 6.54 Å². The van der Waals surface area contributed by atoms with Gasteiger partial charge in [0.2, 0.25) is 0 Å². The molecule has 1 amide bonds. The molecule has 3 rings (SSSR count). The fourth-order valence-corrected chi connectivity index (χ4v) is 4.12. The van der Waals surface area contributed by atoms with Crippen molar-refractivity contribution in [1.82, 2.24) is 9.88 Å². The van der Waals surface area contributed by atoms with Crippen molar-refractivity contribution in [3.63, 3.8) is 0 Å². The Morgan fingerprint density at radius 3 is 2.45 bits per heavy atom. The molecule has 0 unspecified atom stereocenters. The van der Waals surface area contributed by atoms with Gasteiger partial charge in [-0.2, -0.15) is 0 Å². The first kappa shape index (κ1) is 21.1. The second-order valence-corrected chi connectivity index (χ2v) is 7.95. The largest absolute Gasteiger partial charge is 0.494 e. The number of ether oxygens (including phenoxy) is 1. The summed E-state index contributed by atoms with van der Waals surface area (Å²) in [5.41, 5.74) is 1.05. The van der Waals surface area contributed by atoms with E-state index in [1.807, 2.05) is 38.1 Å². The smallest absolute Gasteiger partial charge is 0.266 e. The van der Waals surface area contributed by atoms with Crippen LogP contribution >= 0.6 is 11.3 Å². The van der Waals surface area contributed by atoms with Crippen LogP contribution in [-0.2, 0) is 0 Å². The number of carbonyl (C=O) groups is 1. The SMILES string of the molecule is COc1ccc(C)c2sc(N(CCCN(C)C)C(=O)c3c(F)cccc3F)nc12. The van der Waals surface area contributed by atoms with Gasteiger partial charge in [-0.25, -0.2) is 13.8 Å². The maximum absolute atomic E-state index is 14.3. The Hall–Kier alpha value is -2.58. The number of aromatic nitrogens is 1. The number of hydrogen-bond donors (Lipinski definition) is 0. The van der Waals surface area contributed by atoms with Crippen LogP contribution in [0.15, 0.2) is 30.3 Å². The van der Waals surface area contributed by atoms with E-state index < -0.39 is 23.1 Å². The van der Waals surface area contributed by atoms with Gasteiger partial charge < -0.3 is 9.64 Å². The monoisotopic (exact) mass is 419 g/mol. The summed E-state index contributed by atoms with van der Waals surface area (Å²) in [6.45, 7) is 2.95. The molecule has 0 spiro atoms. The molecule has 0 atom stereocenters. The summed E-state index contributed by atoms with van der Waals surface area (Å²) < 4.78 is 34.8. The van der Waals surface area contributed by atoms with Crippen LogP contribution in [0, 0.1) is 18.6 Å². The van der Waals surface area contributed by atoms with Gasteiger partial charge in [-0.15, -0.1) is 0 Å². The molecule has 1 heterocycles. The van der Waals surface area contributed by atoms with Crippen LogP contribution in [0.25, 0.3) is 10.2 Å². The Labute approximate surface area is 172 Å². The third-order valence-electron chi connectivity index (χ3n) is 4.55. The number of amides is 1. The normalized spacial score (nSPS) is 11.3. The molecule has 5 nitrogen and oxygen atoms in total. The van der Waals surface area contributed by atoms with E-state index in [1.54, 1.807) is 7.11 Å². The van der Waals surface area contributed by atoms with E-state index in [0.29, 0.717) is 22.8 Å². The van der Waals surface area contributed by atoms with Gasteiger partial charge >= 0.3 is 0 Å². The first-order valence-corrected chi connectivity index (χ1v) is 10.00. The average molecular weight is 419 g/mol. The number of thiazole rings is 1. The molecule has 0 aliphatic rings. The van der Waals surface area contributed by atoms with Crippen LogP contribution in [0.3, 0.4) is 0 Å². The van der Waals surface area contributed by atoms with Gasteiger partial charge in [-0.3, -0.25) is 9.69 Å². The number of halogens is 2. The number of nitrogens with zero attached hydrogens (tertiary/aromatic N) is 3. The maximum Gasteiger partial charge on any atom is 0.266 e. The van der Waals surface area contributed by atoms with E-state index in [0.717, 1.165) is 28.9 Å². The molecule has 0 N–H and O–H groups in total. The predicted octanol–water partition coefficient (Wildman–Crippen LogP) is 4.49. The van der Waals surface area contributed by atoms with Gasteiger partial charge in [0.15, 0.2) is 5.13 Å². The predicted molar refractivity (Wildman–Crippen MR) is 112 cm³/mol. The minimum Gasteiger partial charge on any atom is -0.494 e. The first-order chi connectivity index (χ1) is 13.8. The number of rotatable bonds is 7. The number of anilines is 1. The summed E-state index contributed by atoms with van der Waals surface area (Å²) >= 11 is 1.31. The molecule has 2 aromatic carbocycles. The summed E-state index contributed by atoms with van der Waals surface area (Å²) in [6.07, 6.45) is 0.626. The number of hydrogen-bond acceptors (Lipinski definition) is 5. The van der Waals surface area contributed by atoms with Crippen molar-refractivity contribution in [3.8, 4) is 5.75 Å². The second-order valence-electron chi connectivity index (χ2n) is 6.97. The van der Waals surface area contributed by atoms with E-state index >= 15 is 0 Å². The Kier molecular flexibility index (Phi) is 6.44. The lowest BCUT2D eigenvalue weighted by molar-refractivity contribution is 0.0978. The summed E-state index contributed by atoms with van der Waals surface area (Å²) in [5, 5.41) is 0.388. The standard InChI is InChI=1S/C21H23F2N3O2S/c1-13-9-10-16(28-4)18-19(13)29-21(24-18)26(12-6-11-25(2)3)20(27)17-14(22)7-5-8-15(17)23/h5,7-10H,6,11-12H2,1-4H3. The third kappa shape index (κ3) is 4.38.